The molecular formula is C50H60Br2Cl3N7O8Zn. The van der Waals surface area contributed by atoms with Gasteiger partial charge in [0.1, 0.15) is 11.5 Å². The first kappa shape index (κ1) is 62.3. The predicted octanol–water partition coefficient (Wildman–Crippen LogP) is 14.3. The monoisotopic (exact) mass is 1210 g/mol. The summed E-state index contributed by atoms with van der Waals surface area (Å²) in [5.74, 6) is 4.48. The van der Waals surface area contributed by atoms with Crippen molar-refractivity contribution in [3.05, 3.63) is 122 Å². The molecule has 0 amide bonds. The molecule has 0 spiro atoms. The van der Waals surface area contributed by atoms with Gasteiger partial charge in [0.15, 0.2) is 34.6 Å². The summed E-state index contributed by atoms with van der Waals surface area (Å²) < 4.78 is 33.7. The van der Waals surface area contributed by atoms with Crippen LogP contribution in [0.15, 0.2) is 94.1 Å². The zero-order valence-electron chi connectivity index (χ0n) is 41.8. The molecular weight excluding hydrogens is 1160 g/mol. The third kappa shape index (κ3) is 20.3. The topological polar surface area (TPSA) is 182 Å². The van der Waals surface area contributed by atoms with Crippen LogP contribution in [0.4, 0.5) is 17.3 Å². The fourth-order valence-electron chi connectivity index (χ4n) is 6.26. The fraction of sp³-hybridized carbons (Fsp3) is 0.320. The van der Waals surface area contributed by atoms with Crippen molar-refractivity contribution in [2.24, 2.45) is 0 Å². The number of carbonyl (C=O) groups is 2. The number of hydrogen-bond donors (Lipinski definition) is 2. The van der Waals surface area contributed by atoms with Crippen molar-refractivity contribution < 1.29 is 53.2 Å². The van der Waals surface area contributed by atoms with E-state index in [-0.39, 0.29) is 22.7 Å². The summed E-state index contributed by atoms with van der Waals surface area (Å²) in [4.78, 5) is 42.9. The quantitative estimate of drug-likeness (QED) is 0.0380. The molecule has 0 aliphatic heterocycles. The summed E-state index contributed by atoms with van der Waals surface area (Å²) in [6.07, 6.45) is 3.88. The Hall–Kier alpha value is -4.81. The van der Waals surface area contributed by atoms with Crippen molar-refractivity contribution in [2.75, 3.05) is 59.1 Å². The molecule has 0 fully saturated rings. The van der Waals surface area contributed by atoms with Crippen LogP contribution in [0.25, 0.3) is 0 Å². The van der Waals surface area contributed by atoms with Gasteiger partial charge in [0.2, 0.25) is 23.0 Å². The first-order valence-electron chi connectivity index (χ1n) is 22.2. The summed E-state index contributed by atoms with van der Waals surface area (Å²) >= 11 is 11.5. The number of nitrogens with one attached hydrogen (secondary N) is 1. The molecule has 0 saturated heterocycles. The van der Waals surface area contributed by atoms with Gasteiger partial charge in [0, 0.05) is 42.5 Å². The molecule has 71 heavy (non-hydrogen) atoms. The zero-order valence-corrected chi connectivity index (χ0v) is 50.2. The predicted molar refractivity (Wildman–Crippen MR) is 288 cm³/mol. The van der Waals surface area contributed by atoms with E-state index >= 15 is 0 Å². The molecule has 2 heterocycles. The number of benzene rings is 4. The fourth-order valence-corrected chi connectivity index (χ4v) is 6.93. The van der Waals surface area contributed by atoms with E-state index in [2.05, 4.69) is 82.8 Å². The summed E-state index contributed by atoms with van der Waals surface area (Å²) in [5, 5.41) is 3.23. The van der Waals surface area contributed by atoms with E-state index in [1.165, 1.54) is 25.8 Å². The molecule has 0 atom stereocenters. The van der Waals surface area contributed by atoms with Crippen LogP contribution in [0.3, 0.4) is 0 Å². The number of nitrogens with two attached hydrogens (primary N) is 1. The van der Waals surface area contributed by atoms with E-state index < -0.39 is 15.1 Å². The Kier molecular flexibility index (Phi) is 29.6. The molecule has 0 unspecified atom stereocenters. The number of Topliss-reactive ketones (excluding diaryl/α,β-unsaturated/α-hetero) is 2. The number of hydrogen-bond acceptors (Lipinski definition) is 15. The van der Waals surface area contributed by atoms with Crippen LogP contribution >= 0.6 is 62.8 Å². The number of halogens is 5. The van der Waals surface area contributed by atoms with Crippen molar-refractivity contribution in [3.8, 4) is 46.3 Å². The van der Waals surface area contributed by atoms with Gasteiger partial charge < -0.3 is 44.4 Å². The number of methoxy groups -OCH3 is 4. The second kappa shape index (κ2) is 33.8. The summed E-state index contributed by atoms with van der Waals surface area (Å²) in [6, 6.07) is 21.4. The Morgan fingerprint density at radius 3 is 1.52 bits per heavy atom. The molecule has 6 rings (SSSR count). The molecule has 0 aliphatic carbocycles. The number of para-hydroxylation sites is 2. The first-order chi connectivity index (χ1) is 34.0. The Balaban J connectivity index is 0.000000358. The van der Waals surface area contributed by atoms with Gasteiger partial charge in [-0.25, -0.2) is 9.97 Å². The van der Waals surface area contributed by atoms with Crippen LogP contribution in [-0.4, -0.2) is 84.5 Å². The van der Waals surface area contributed by atoms with Gasteiger partial charge in [-0.2, -0.15) is 9.97 Å². The van der Waals surface area contributed by atoms with E-state index in [1.807, 2.05) is 39.0 Å². The number of aryl methyl sites for hydroxylation is 2. The maximum absolute atomic E-state index is 12.2. The van der Waals surface area contributed by atoms with Crippen molar-refractivity contribution in [2.45, 2.75) is 61.3 Å². The molecule has 0 aliphatic rings. The Morgan fingerprint density at radius 1 is 0.648 bits per heavy atom. The van der Waals surface area contributed by atoms with Gasteiger partial charge in [0.25, 0.3) is 0 Å². The van der Waals surface area contributed by atoms with Crippen LogP contribution in [-0.2, 0) is 15.1 Å². The van der Waals surface area contributed by atoms with Crippen LogP contribution in [0.1, 0.15) is 79.3 Å². The van der Waals surface area contributed by atoms with Gasteiger partial charge in [-0.3, -0.25) is 9.59 Å². The van der Waals surface area contributed by atoms with E-state index in [0.29, 0.717) is 79.2 Å². The first-order valence-corrected chi connectivity index (χ1v) is 31.9. The average Bonchev–Trinajstić information content (AvgIpc) is 3.37. The van der Waals surface area contributed by atoms with Crippen LogP contribution in [0.2, 0.25) is 5.28 Å². The number of ketones is 2. The molecule has 0 saturated carbocycles. The van der Waals surface area contributed by atoms with Gasteiger partial charge >= 0.3 is 34.5 Å². The van der Waals surface area contributed by atoms with E-state index in [1.54, 1.807) is 96.2 Å². The third-order valence-electron chi connectivity index (χ3n) is 9.77. The minimum absolute atomic E-state index is 0.00469. The number of anilines is 3. The Morgan fingerprint density at radius 2 is 1.08 bits per heavy atom. The molecule has 4 aromatic carbocycles. The summed E-state index contributed by atoms with van der Waals surface area (Å²) in [5.41, 5.74) is 9.96. The van der Waals surface area contributed by atoms with Crippen molar-refractivity contribution in [1.82, 2.24) is 24.8 Å². The SMILES string of the molecule is CCC(=O)c1ccccc1Oc1nc(Cl)ncc1Br.CCC(=O)c1ccccc1Oc1nc(Nc2cc(C)c(OC)c(OC)c2)ncc1Br.CCN(CC)CC.COc1cc(N)cc(C)c1OC.[Cl][Zn][Cl]. The normalized spacial score (nSPS) is 9.93. The average molecular weight is 1220 g/mol. The summed E-state index contributed by atoms with van der Waals surface area (Å²) in [6.45, 7) is 17.6. The summed E-state index contributed by atoms with van der Waals surface area (Å²) in [7, 11) is 16.3. The van der Waals surface area contributed by atoms with Gasteiger partial charge in [-0.05, 0) is 124 Å². The molecule has 2 aromatic heterocycles. The third-order valence-corrected chi connectivity index (χ3v) is 11.0. The van der Waals surface area contributed by atoms with Gasteiger partial charge in [-0.15, -0.1) is 0 Å². The number of rotatable bonds is 17. The number of nitrogen functional groups attached to an aromatic ring is 1. The van der Waals surface area contributed by atoms with E-state index in [0.717, 1.165) is 22.6 Å². The van der Waals surface area contributed by atoms with Crippen molar-refractivity contribution in [3.63, 3.8) is 0 Å². The van der Waals surface area contributed by atoms with Crippen LogP contribution in [0.5, 0.6) is 46.3 Å². The number of aromatic nitrogens is 4. The molecule has 0 bridgehead atoms. The molecule has 0 radical (unpaired) electrons. The van der Waals surface area contributed by atoms with Crippen molar-refractivity contribution in [1.29, 1.82) is 0 Å². The minimum atomic E-state index is -0.931. The zero-order chi connectivity index (χ0) is 53.0. The Bertz CT molecular complexity index is 2610. The molecule has 3 N–H and O–H groups in total. The van der Waals surface area contributed by atoms with Crippen LogP contribution in [0, 0.1) is 13.8 Å². The van der Waals surface area contributed by atoms with E-state index in [9.17, 15) is 9.59 Å². The second-order valence-corrected chi connectivity index (χ2v) is 21.0. The second-order valence-electron chi connectivity index (χ2n) is 14.3. The number of carbonyl (C=O) groups excluding carboxylic acids is 2. The maximum atomic E-state index is 12.2. The van der Waals surface area contributed by atoms with Gasteiger partial charge in [0.05, 0.1) is 54.7 Å². The number of ether oxygens (including phenoxy) is 6. The van der Waals surface area contributed by atoms with Crippen LogP contribution < -0.4 is 39.5 Å². The molecule has 6 aromatic rings. The standard InChI is InChI=1S/C22H22BrN3O4.C13H10BrClN2O2.C9H13NO2.C6H15N.2ClH.Zn/c1-5-17(27)15-8-6-7-9-18(15)30-21-16(23)12-24-22(26-21)25-14-10-13(2)20(29-4)19(11-14)28-3;1-2-10(18)8-5-3-4-6-11(8)19-12-9(14)7-16-13(15)17-12;1-6-4-7(10)5-8(11-2)9(6)12-3;1-4-7(5-2)6-3;;;/h6-12H,5H2,1-4H3,(H,24,25,26);3-7H,2H2,1H3;4-5H,10H2,1-3H3;4-6H2,1-3H3;2*1H;/q;;;;;;+2/p-2. The van der Waals surface area contributed by atoms with Gasteiger partial charge in [-0.1, -0.05) is 58.9 Å². The molecule has 15 nitrogen and oxygen atoms in total. The molecule has 21 heteroatoms. The number of nitrogens with zero attached hydrogens (tertiary/aromatic N) is 5. The Labute approximate surface area is 454 Å². The van der Waals surface area contributed by atoms with Crippen molar-refractivity contribution >= 4 is 91.7 Å². The van der Waals surface area contributed by atoms with E-state index in [4.69, 9.17) is 65.1 Å². The molecule has 380 valence electrons.